The van der Waals surface area contributed by atoms with Gasteiger partial charge in [0.2, 0.25) is 11.8 Å². The van der Waals surface area contributed by atoms with Crippen LogP contribution in [0.4, 0.5) is 0 Å². The summed E-state index contributed by atoms with van der Waals surface area (Å²) in [6.07, 6.45) is 2.85. The lowest BCUT2D eigenvalue weighted by Gasteiger charge is -2.28. The zero-order valence-electron chi connectivity index (χ0n) is 10.8. The maximum Gasteiger partial charge on any atom is 0.311 e. The van der Waals surface area contributed by atoms with Crippen LogP contribution in [0.15, 0.2) is 0 Å². The van der Waals surface area contributed by atoms with Gasteiger partial charge in [-0.1, -0.05) is 13.3 Å². The molecule has 2 rings (SSSR count). The van der Waals surface area contributed by atoms with Gasteiger partial charge in [0.05, 0.1) is 17.3 Å². The lowest BCUT2D eigenvalue weighted by molar-refractivity contribution is -0.152. The first-order valence-electron chi connectivity index (χ1n) is 6.49. The van der Waals surface area contributed by atoms with Crippen LogP contribution in [0.1, 0.15) is 39.5 Å². The van der Waals surface area contributed by atoms with E-state index in [0.29, 0.717) is 6.42 Å². The maximum absolute atomic E-state index is 12.1. The average Bonchev–Trinajstić information content (AvgIpc) is 2.89. The van der Waals surface area contributed by atoms with Crippen molar-refractivity contribution in [3.63, 3.8) is 0 Å². The second kappa shape index (κ2) is 4.37. The van der Waals surface area contributed by atoms with Crippen LogP contribution in [0.25, 0.3) is 0 Å². The molecule has 1 saturated carbocycles. The van der Waals surface area contributed by atoms with Crippen molar-refractivity contribution in [3.05, 3.63) is 0 Å². The lowest BCUT2D eigenvalue weighted by Crippen LogP contribution is -2.44. The number of amides is 2. The minimum absolute atomic E-state index is 0.00347. The number of nitrogens with zero attached hydrogens (tertiary/aromatic N) is 1. The summed E-state index contributed by atoms with van der Waals surface area (Å²) < 4.78 is 0. The Morgan fingerprint density at radius 3 is 2.22 bits per heavy atom. The van der Waals surface area contributed by atoms with E-state index in [1.807, 2.05) is 0 Å². The number of hydrogen-bond acceptors (Lipinski definition) is 3. The predicted octanol–water partition coefficient (Wildman–Crippen LogP) is 1.27. The number of rotatable bonds is 4. The van der Waals surface area contributed by atoms with Gasteiger partial charge in [-0.15, -0.1) is 0 Å². The third-order valence-electron chi connectivity index (χ3n) is 4.49. The molecule has 0 radical (unpaired) electrons. The molecule has 1 heterocycles. The third kappa shape index (κ3) is 1.82. The first-order valence-corrected chi connectivity index (χ1v) is 6.49. The summed E-state index contributed by atoms with van der Waals surface area (Å²) in [4.78, 5) is 36.7. The molecule has 1 N–H and O–H groups in total. The zero-order valence-corrected chi connectivity index (χ0v) is 10.8. The Balaban J connectivity index is 2.18. The Bertz CT molecular complexity index is 384. The SMILES string of the molecule is CCC(C)(CN1C(=O)C2CCCC2C1=O)C(=O)O. The highest BCUT2D eigenvalue weighted by atomic mass is 16.4. The number of carbonyl (C=O) groups is 3. The van der Waals surface area contributed by atoms with E-state index in [0.717, 1.165) is 19.3 Å². The number of fused-ring (bicyclic) bond motifs is 1. The molecule has 100 valence electrons. The fourth-order valence-electron chi connectivity index (χ4n) is 2.90. The molecule has 1 aliphatic heterocycles. The summed E-state index contributed by atoms with van der Waals surface area (Å²) in [5, 5.41) is 9.22. The Morgan fingerprint density at radius 2 is 1.83 bits per heavy atom. The average molecular weight is 253 g/mol. The first-order chi connectivity index (χ1) is 8.40. The number of carboxylic acid groups (broad SMARTS) is 1. The fraction of sp³-hybridized carbons (Fsp3) is 0.769. The first kappa shape index (κ1) is 13.1. The van der Waals surface area contributed by atoms with Crippen LogP contribution in [-0.2, 0) is 14.4 Å². The number of carboxylic acids is 1. The van der Waals surface area contributed by atoms with Gasteiger partial charge in [-0.25, -0.2) is 0 Å². The van der Waals surface area contributed by atoms with Gasteiger partial charge in [-0.05, 0) is 26.2 Å². The molecule has 0 spiro atoms. The molecule has 3 atom stereocenters. The van der Waals surface area contributed by atoms with Crippen molar-refractivity contribution < 1.29 is 19.5 Å². The Kier molecular flexibility index (Phi) is 3.17. The summed E-state index contributed by atoms with van der Waals surface area (Å²) in [5.74, 6) is -1.66. The van der Waals surface area contributed by atoms with Gasteiger partial charge in [0, 0.05) is 6.54 Å². The second-order valence-electron chi connectivity index (χ2n) is 5.63. The van der Waals surface area contributed by atoms with Crippen molar-refractivity contribution in [2.24, 2.45) is 17.3 Å². The smallest absolute Gasteiger partial charge is 0.311 e. The largest absolute Gasteiger partial charge is 0.481 e. The van der Waals surface area contributed by atoms with Crippen molar-refractivity contribution in [2.75, 3.05) is 6.54 Å². The molecular formula is C13H19NO4. The molecule has 5 nitrogen and oxygen atoms in total. The third-order valence-corrected chi connectivity index (χ3v) is 4.49. The molecule has 0 aromatic rings. The van der Waals surface area contributed by atoms with Crippen LogP contribution in [0, 0.1) is 17.3 Å². The van der Waals surface area contributed by atoms with Crippen molar-refractivity contribution in [1.82, 2.24) is 4.90 Å². The van der Waals surface area contributed by atoms with Crippen LogP contribution in [-0.4, -0.2) is 34.3 Å². The van der Waals surface area contributed by atoms with E-state index in [2.05, 4.69) is 0 Å². The van der Waals surface area contributed by atoms with E-state index in [9.17, 15) is 19.5 Å². The summed E-state index contributed by atoms with van der Waals surface area (Å²) in [6, 6.07) is 0. The molecule has 2 amide bonds. The molecule has 0 aromatic carbocycles. The normalized spacial score (nSPS) is 30.4. The van der Waals surface area contributed by atoms with Gasteiger partial charge < -0.3 is 5.11 Å². The van der Waals surface area contributed by atoms with E-state index in [1.165, 1.54) is 4.90 Å². The van der Waals surface area contributed by atoms with Gasteiger partial charge in [-0.2, -0.15) is 0 Å². The second-order valence-corrected chi connectivity index (χ2v) is 5.63. The highest BCUT2D eigenvalue weighted by molar-refractivity contribution is 6.05. The molecule has 5 heteroatoms. The van der Waals surface area contributed by atoms with Crippen LogP contribution in [0.2, 0.25) is 0 Å². The number of aliphatic carboxylic acids is 1. The fourth-order valence-corrected chi connectivity index (χ4v) is 2.90. The van der Waals surface area contributed by atoms with Gasteiger partial charge in [0.25, 0.3) is 0 Å². The molecule has 2 fully saturated rings. The van der Waals surface area contributed by atoms with Crippen LogP contribution < -0.4 is 0 Å². The Morgan fingerprint density at radius 1 is 1.33 bits per heavy atom. The summed E-state index contributed by atoms with van der Waals surface area (Å²) in [5.41, 5.74) is -1.04. The molecular weight excluding hydrogens is 234 g/mol. The number of carbonyl (C=O) groups excluding carboxylic acids is 2. The van der Waals surface area contributed by atoms with Gasteiger partial charge in [-0.3, -0.25) is 19.3 Å². The van der Waals surface area contributed by atoms with Crippen molar-refractivity contribution in [3.8, 4) is 0 Å². The highest BCUT2D eigenvalue weighted by Crippen LogP contribution is 2.41. The molecule has 1 aliphatic carbocycles. The summed E-state index contributed by atoms with van der Waals surface area (Å²) in [7, 11) is 0. The van der Waals surface area contributed by atoms with Crippen LogP contribution in [0.5, 0.6) is 0 Å². The summed E-state index contributed by atoms with van der Waals surface area (Å²) >= 11 is 0. The standard InChI is InChI=1S/C13H19NO4/c1-3-13(2,12(17)18)7-14-10(15)8-5-4-6-9(8)11(14)16/h8-9H,3-7H2,1-2H3,(H,17,18). The molecule has 1 saturated heterocycles. The minimum atomic E-state index is -1.04. The topological polar surface area (TPSA) is 74.7 Å². The predicted molar refractivity (Wildman–Crippen MR) is 63.6 cm³/mol. The summed E-state index contributed by atoms with van der Waals surface area (Å²) in [6.45, 7) is 3.35. The van der Waals surface area contributed by atoms with Gasteiger partial charge in [0.15, 0.2) is 0 Å². The number of likely N-dealkylation sites (tertiary alicyclic amines) is 1. The van der Waals surface area contributed by atoms with Crippen LogP contribution >= 0.6 is 0 Å². The monoisotopic (exact) mass is 253 g/mol. The van der Waals surface area contributed by atoms with E-state index < -0.39 is 11.4 Å². The van der Waals surface area contributed by atoms with Crippen molar-refractivity contribution in [2.45, 2.75) is 39.5 Å². The van der Waals surface area contributed by atoms with E-state index in [-0.39, 0.29) is 30.2 Å². The lowest BCUT2D eigenvalue weighted by atomic mass is 9.87. The van der Waals surface area contributed by atoms with E-state index in [4.69, 9.17) is 0 Å². The molecule has 3 unspecified atom stereocenters. The van der Waals surface area contributed by atoms with E-state index in [1.54, 1.807) is 13.8 Å². The molecule has 2 aliphatic rings. The molecule has 0 bridgehead atoms. The zero-order chi connectivity index (χ0) is 13.5. The Labute approximate surface area is 106 Å². The molecule has 0 aromatic heterocycles. The van der Waals surface area contributed by atoms with E-state index >= 15 is 0 Å². The minimum Gasteiger partial charge on any atom is -0.481 e. The molecule has 18 heavy (non-hydrogen) atoms. The van der Waals surface area contributed by atoms with Gasteiger partial charge >= 0.3 is 5.97 Å². The number of hydrogen-bond donors (Lipinski definition) is 1. The number of imide groups is 1. The van der Waals surface area contributed by atoms with Crippen molar-refractivity contribution >= 4 is 17.8 Å². The van der Waals surface area contributed by atoms with Crippen LogP contribution in [0.3, 0.4) is 0 Å². The van der Waals surface area contributed by atoms with Gasteiger partial charge in [0.1, 0.15) is 0 Å². The maximum atomic E-state index is 12.1. The highest BCUT2D eigenvalue weighted by Gasteiger charge is 2.51. The Hall–Kier alpha value is -1.39. The quantitative estimate of drug-likeness (QED) is 0.766. The van der Waals surface area contributed by atoms with Crippen molar-refractivity contribution in [1.29, 1.82) is 0 Å².